The average molecular weight is 479 g/mol. The Hall–Kier alpha value is -3.07. The van der Waals surface area contributed by atoms with Gasteiger partial charge in [0.2, 0.25) is 0 Å². The minimum atomic E-state index is -4.02. The third kappa shape index (κ3) is 5.75. The second-order valence-electron chi connectivity index (χ2n) is 6.09. The molecule has 0 aliphatic carbocycles. The molecule has 0 fully saturated rings. The Morgan fingerprint density at radius 2 is 1.71 bits per heavy atom. The third-order valence-electron chi connectivity index (χ3n) is 3.98. The lowest BCUT2D eigenvalue weighted by molar-refractivity contribution is 0.0955. The number of carbonyl (C=O) groups is 1. The van der Waals surface area contributed by atoms with Crippen molar-refractivity contribution in [3.63, 3.8) is 0 Å². The van der Waals surface area contributed by atoms with Crippen LogP contribution in [0.15, 0.2) is 76.7 Å². The summed E-state index contributed by atoms with van der Waals surface area (Å²) in [5, 5.41) is 4.47. The molecule has 3 rings (SSSR count). The first kappa shape index (κ1) is 22.6. The van der Waals surface area contributed by atoms with Crippen LogP contribution in [0.5, 0.6) is 11.5 Å². The molecule has 0 aromatic heterocycles. The molecule has 3 aromatic carbocycles. The molecule has 31 heavy (non-hydrogen) atoms. The molecular weight excluding hydrogens is 463 g/mol. The molecule has 0 aliphatic rings. The van der Waals surface area contributed by atoms with E-state index in [1.807, 2.05) is 0 Å². The zero-order valence-electron chi connectivity index (χ0n) is 16.1. The van der Waals surface area contributed by atoms with Crippen LogP contribution < -0.4 is 14.3 Å². The maximum absolute atomic E-state index is 12.4. The van der Waals surface area contributed by atoms with Gasteiger partial charge in [0, 0.05) is 5.56 Å². The highest BCUT2D eigenvalue weighted by molar-refractivity contribution is 7.87. The lowest BCUT2D eigenvalue weighted by atomic mass is 10.2. The number of hydrogen-bond acceptors (Lipinski definition) is 6. The van der Waals surface area contributed by atoms with Crippen molar-refractivity contribution in [2.75, 3.05) is 7.11 Å². The van der Waals surface area contributed by atoms with E-state index in [0.717, 1.165) is 0 Å². The molecular formula is C21H16Cl2N2O5S. The smallest absolute Gasteiger partial charge is 0.339 e. The summed E-state index contributed by atoms with van der Waals surface area (Å²) in [6.45, 7) is 0. The Bertz CT molecular complexity index is 1230. The van der Waals surface area contributed by atoms with E-state index in [1.54, 1.807) is 24.3 Å². The first-order valence-corrected chi connectivity index (χ1v) is 10.9. The normalized spacial score (nSPS) is 11.3. The lowest BCUT2D eigenvalue weighted by Gasteiger charge is -2.11. The van der Waals surface area contributed by atoms with E-state index in [0.29, 0.717) is 16.1 Å². The fourth-order valence-corrected chi connectivity index (χ4v) is 3.71. The van der Waals surface area contributed by atoms with Gasteiger partial charge in [-0.3, -0.25) is 4.79 Å². The van der Waals surface area contributed by atoms with Gasteiger partial charge >= 0.3 is 10.1 Å². The van der Waals surface area contributed by atoms with Crippen molar-refractivity contribution in [1.29, 1.82) is 0 Å². The molecule has 0 saturated carbocycles. The van der Waals surface area contributed by atoms with Crippen molar-refractivity contribution in [1.82, 2.24) is 5.43 Å². The molecule has 160 valence electrons. The summed E-state index contributed by atoms with van der Waals surface area (Å²) in [6, 6.07) is 16.7. The number of halogens is 2. The zero-order chi connectivity index (χ0) is 22.4. The van der Waals surface area contributed by atoms with Gasteiger partial charge in [-0.2, -0.15) is 13.5 Å². The molecule has 0 bridgehead atoms. The molecule has 10 heteroatoms. The van der Waals surface area contributed by atoms with Crippen LogP contribution in [0.4, 0.5) is 0 Å². The summed E-state index contributed by atoms with van der Waals surface area (Å²) < 4.78 is 35.2. The van der Waals surface area contributed by atoms with Crippen molar-refractivity contribution in [2.45, 2.75) is 4.90 Å². The summed E-state index contributed by atoms with van der Waals surface area (Å²) in [7, 11) is -2.64. The molecule has 1 amide bonds. The van der Waals surface area contributed by atoms with Gasteiger partial charge in [0.1, 0.15) is 4.90 Å². The second-order valence-corrected chi connectivity index (χ2v) is 8.45. The number of nitrogens with zero attached hydrogens (tertiary/aromatic N) is 1. The number of benzene rings is 3. The van der Waals surface area contributed by atoms with Crippen LogP contribution >= 0.6 is 23.2 Å². The number of hydrogen-bond donors (Lipinski definition) is 1. The van der Waals surface area contributed by atoms with E-state index < -0.39 is 16.0 Å². The van der Waals surface area contributed by atoms with Crippen LogP contribution in [0.3, 0.4) is 0 Å². The number of amides is 1. The number of ether oxygens (including phenoxy) is 1. The minimum absolute atomic E-state index is 0.0170. The molecule has 7 nitrogen and oxygen atoms in total. The SMILES string of the molecule is COc1cc(/C=N/NC(=O)c2ccc(Cl)c(Cl)c2)ccc1OS(=O)(=O)c1ccccc1. The Kier molecular flexibility index (Phi) is 7.17. The van der Waals surface area contributed by atoms with Crippen LogP contribution in [0, 0.1) is 0 Å². The fraction of sp³-hybridized carbons (Fsp3) is 0.0476. The van der Waals surface area contributed by atoms with Crippen molar-refractivity contribution < 1.29 is 22.1 Å². The summed E-state index contributed by atoms with van der Waals surface area (Å²) in [6.07, 6.45) is 1.37. The lowest BCUT2D eigenvalue weighted by Crippen LogP contribution is -2.17. The van der Waals surface area contributed by atoms with Crippen LogP contribution in [0.2, 0.25) is 10.0 Å². The summed E-state index contributed by atoms with van der Waals surface area (Å²) in [5.74, 6) is -0.279. The van der Waals surface area contributed by atoms with E-state index >= 15 is 0 Å². The molecule has 0 atom stereocenters. The largest absolute Gasteiger partial charge is 0.493 e. The van der Waals surface area contributed by atoms with Crippen LogP contribution in [-0.2, 0) is 10.1 Å². The van der Waals surface area contributed by atoms with Gasteiger partial charge < -0.3 is 8.92 Å². The zero-order valence-corrected chi connectivity index (χ0v) is 18.4. The Labute approximate surface area is 189 Å². The monoisotopic (exact) mass is 478 g/mol. The number of rotatable bonds is 7. The van der Waals surface area contributed by atoms with E-state index in [1.165, 1.54) is 55.8 Å². The summed E-state index contributed by atoms with van der Waals surface area (Å²) >= 11 is 11.7. The van der Waals surface area contributed by atoms with Gasteiger partial charge in [-0.15, -0.1) is 0 Å². The molecule has 0 unspecified atom stereocenters. The Balaban J connectivity index is 1.72. The van der Waals surface area contributed by atoms with Crippen LogP contribution in [0.1, 0.15) is 15.9 Å². The van der Waals surface area contributed by atoms with Gasteiger partial charge in [0.25, 0.3) is 5.91 Å². The van der Waals surface area contributed by atoms with Crippen molar-refractivity contribution in [3.8, 4) is 11.5 Å². The number of carbonyl (C=O) groups excluding carboxylic acids is 1. The van der Waals surface area contributed by atoms with Crippen molar-refractivity contribution in [3.05, 3.63) is 87.9 Å². The van der Waals surface area contributed by atoms with Crippen LogP contribution in [0.25, 0.3) is 0 Å². The van der Waals surface area contributed by atoms with Gasteiger partial charge in [-0.05, 0) is 54.1 Å². The van der Waals surface area contributed by atoms with Crippen LogP contribution in [-0.4, -0.2) is 27.6 Å². The molecule has 0 aliphatic heterocycles. The van der Waals surface area contributed by atoms with Crippen molar-refractivity contribution in [2.24, 2.45) is 5.10 Å². The molecule has 1 N–H and O–H groups in total. The minimum Gasteiger partial charge on any atom is -0.493 e. The third-order valence-corrected chi connectivity index (χ3v) is 5.97. The average Bonchev–Trinajstić information content (AvgIpc) is 2.77. The second kappa shape index (κ2) is 9.82. The maximum Gasteiger partial charge on any atom is 0.339 e. The maximum atomic E-state index is 12.4. The Morgan fingerprint density at radius 3 is 2.39 bits per heavy atom. The highest BCUT2D eigenvalue weighted by Gasteiger charge is 2.18. The topological polar surface area (TPSA) is 94.1 Å². The van der Waals surface area contributed by atoms with E-state index in [9.17, 15) is 13.2 Å². The quantitative estimate of drug-likeness (QED) is 0.305. The van der Waals surface area contributed by atoms with Crippen molar-refractivity contribution >= 4 is 45.4 Å². The molecule has 0 spiro atoms. The van der Waals surface area contributed by atoms with Gasteiger partial charge in [-0.1, -0.05) is 41.4 Å². The summed E-state index contributed by atoms with van der Waals surface area (Å²) in [4.78, 5) is 12.2. The van der Waals surface area contributed by atoms with E-state index in [2.05, 4.69) is 10.5 Å². The predicted molar refractivity (Wildman–Crippen MR) is 119 cm³/mol. The molecule has 0 radical (unpaired) electrons. The fourth-order valence-electron chi connectivity index (χ4n) is 2.45. The first-order valence-electron chi connectivity index (χ1n) is 8.76. The highest BCUT2D eigenvalue weighted by Crippen LogP contribution is 2.30. The number of hydrazone groups is 1. The van der Waals surface area contributed by atoms with E-state index in [-0.39, 0.29) is 21.4 Å². The molecule has 3 aromatic rings. The molecule has 0 saturated heterocycles. The van der Waals surface area contributed by atoms with Gasteiger partial charge in [-0.25, -0.2) is 5.43 Å². The first-order chi connectivity index (χ1) is 14.8. The highest BCUT2D eigenvalue weighted by atomic mass is 35.5. The Morgan fingerprint density at radius 1 is 0.968 bits per heavy atom. The predicted octanol–water partition coefficient (Wildman–Crippen LogP) is 4.53. The standard InChI is InChI=1S/C21H16Cl2N2O5S/c1-29-20-11-14(13-24-25-21(26)15-8-9-17(22)18(23)12-15)7-10-19(20)30-31(27,28)16-5-3-2-4-6-16/h2-13H,1H3,(H,25,26)/b24-13+. The summed E-state index contributed by atoms with van der Waals surface area (Å²) in [5.41, 5.74) is 3.20. The number of nitrogens with one attached hydrogen (secondary N) is 1. The van der Waals surface area contributed by atoms with Gasteiger partial charge in [0.05, 0.1) is 23.4 Å². The van der Waals surface area contributed by atoms with Gasteiger partial charge in [0.15, 0.2) is 11.5 Å². The number of methoxy groups -OCH3 is 1. The van der Waals surface area contributed by atoms with E-state index in [4.69, 9.17) is 32.1 Å². The molecule has 0 heterocycles.